The molecule has 26 heavy (non-hydrogen) atoms. The Hall–Kier alpha value is -2.26. The molecule has 3 aliphatic rings. The molecule has 0 saturated carbocycles. The predicted octanol–water partition coefficient (Wildman–Crippen LogP) is 4.84. The third kappa shape index (κ3) is 2.71. The quantitative estimate of drug-likeness (QED) is 0.658. The van der Waals surface area contributed by atoms with Gasteiger partial charge in [-0.15, -0.1) is 0 Å². The Bertz CT molecular complexity index is 993. The molecule has 3 aromatic rings. The number of nitrogens with one attached hydrogen (secondary N) is 1. The van der Waals surface area contributed by atoms with Crippen LogP contribution in [-0.4, -0.2) is 28.4 Å². The highest BCUT2D eigenvalue weighted by molar-refractivity contribution is 6.31. The molecule has 132 valence electrons. The van der Waals surface area contributed by atoms with Crippen LogP contribution < -0.4 is 0 Å². The number of fused-ring (bicyclic) bond motifs is 3. The number of carbonyl (C=O) groups excluding carboxylic acids is 1. The van der Waals surface area contributed by atoms with Crippen molar-refractivity contribution in [3.8, 4) is 0 Å². The Morgan fingerprint density at radius 1 is 1.04 bits per heavy atom. The normalized spacial score (nSPS) is 22.1. The topological polar surface area (TPSA) is 36.1 Å². The lowest BCUT2D eigenvalue weighted by Crippen LogP contribution is -2.49. The molecule has 3 nitrogen and oxygen atoms in total. The first kappa shape index (κ1) is 16.0. The second-order valence-electron chi connectivity index (χ2n) is 7.65. The average molecular weight is 365 g/mol. The summed E-state index contributed by atoms with van der Waals surface area (Å²) in [7, 11) is 0. The van der Waals surface area contributed by atoms with Crippen molar-refractivity contribution in [1.82, 2.24) is 9.88 Å². The number of hydrogen-bond acceptors (Lipinski definition) is 1. The second kappa shape index (κ2) is 6.17. The molecule has 1 N–H and O–H groups in total. The van der Waals surface area contributed by atoms with Crippen molar-refractivity contribution in [2.24, 2.45) is 5.92 Å². The van der Waals surface area contributed by atoms with E-state index in [0.717, 1.165) is 36.7 Å². The molecule has 2 aliphatic heterocycles. The Labute approximate surface area is 158 Å². The molecule has 1 fully saturated rings. The second-order valence-corrected chi connectivity index (χ2v) is 8.08. The highest BCUT2D eigenvalue weighted by Gasteiger charge is 2.35. The van der Waals surface area contributed by atoms with E-state index < -0.39 is 0 Å². The maximum atomic E-state index is 13.3. The van der Waals surface area contributed by atoms with Gasteiger partial charge in [0.25, 0.3) is 5.91 Å². The Morgan fingerprint density at radius 2 is 1.85 bits per heavy atom. The van der Waals surface area contributed by atoms with E-state index in [-0.39, 0.29) is 11.9 Å². The van der Waals surface area contributed by atoms with Gasteiger partial charge in [-0.05, 0) is 67.0 Å². The third-order valence-electron chi connectivity index (χ3n) is 5.96. The van der Waals surface area contributed by atoms with Crippen LogP contribution in [0.15, 0.2) is 48.5 Å². The number of aromatic amines is 1. The first-order valence-electron chi connectivity index (χ1n) is 9.33. The molecule has 6 rings (SSSR count). The van der Waals surface area contributed by atoms with E-state index in [1.54, 1.807) is 0 Å². The Morgan fingerprint density at radius 3 is 2.69 bits per heavy atom. The van der Waals surface area contributed by atoms with Crippen molar-refractivity contribution < 1.29 is 4.79 Å². The van der Waals surface area contributed by atoms with Crippen molar-refractivity contribution in [3.05, 3.63) is 70.4 Å². The summed E-state index contributed by atoms with van der Waals surface area (Å²) in [5.74, 6) is 0.668. The fraction of sp³-hybridized carbons (Fsp3) is 0.318. The van der Waals surface area contributed by atoms with E-state index in [0.29, 0.717) is 16.6 Å². The zero-order chi connectivity index (χ0) is 17.7. The van der Waals surface area contributed by atoms with E-state index in [4.69, 9.17) is 11.6 Å². The fourth-order valence-corrected chi connectivity index (χ4v) is 4.80. The minimum Gasteiger partial charge on any atom is -0.351 e. The van der Waals surface area contributed by atoms with Crippen LogP contribution in [0, 0.1) is 5.92 Å². The first-order valence-corrected chi connectivity index (χ1v) is 9.71. The van der Waals surface area contributed by atoms with Gasteiger partial charge >= 0.3 is 0 Å². The minimum absolute atomic E-state index is 0.117. The summed E-state index contributed by atoms with van der Waals surface area (Å²) in [6, 6.07) is 16.6. The molecular weight excluding hydrogens is 344 g/mol. The maximum absolute atomic E-state index is 13.3. The third-order valence-corrected chi connectivity index (χ3v) is 6.20. The van der Waals surface area contributed by atoms with E-state index in [9.17, 15) is 4.79 Å². The summed E-state index contributed by atoms with van der Waals surface area (Å²) < 4.78 is 0. The van der Waals surface area contributed by atoms with Gasteiger partial charge in [0.2, 0.25) is 0 Å². The van der Waals surface area contributed by atoms with Crippen LogP contribution in [0.2, 0.25) is 5.02 Å². The van der Waals surface area contributed by atoms with Crippen LogP contribution >= 0.6 is 11.6 Å². The average Bonchev–Trinajstić information content (AvgIpc) is 3.04. The zero-order valence-electron chi connectivity index (χ0n) is 14.5. The molecule has 0 spiro atoms. The summed E-state index contributed by atoms with van der Waals surface area (Å²) >= 11 is 6.09. The van der Waals surface area contributed by atoms with E-state index >= 15 is 0 Å². The predicted molar refractivity (Wildman–Crippen MR) is 105 cm³/mol. The number of aromatic nitrogens is 1. The Balaban J connectivity index is 1.48. The number of hydrogen-bond donors (Lipinski definition) is 1. The monoisotopic (exact) mass is 364 g/mol. The van der Waals surface area contributed by atoms with Gasteiger partial charge in [0, 0.05) is 28.5 Å². The van der Waals surface area contributed by atoms with Gasteiger partial charge in [0.05, 0.1) is 0 Å². The van der Waals surface area contributed by atoms with Gasteiger partial charge in [-0.1, -0.05) is 35.9 Å². The standard InChI is InChI=1S/C22H21ClN2O/c23-18-6-8-20-17(10-18)12-21(24-20)22(26)25-13-14-5-7-19(25)11-16-4-2-1-3-15(16)9-14/h1-4,6,8,10,12,14,19,24H,5,7,9,11,13H2/t14-,19+/m0/s1. The number of rotatable bonds is 1. The van der Waals surface area contributed by atoms with Gasteiger partial charge in [0.15, 0.2) is 0 Å². The minimum atomic E-state index is 0.117. The zero-order valence-corrected chi connectivity index (χ0v) is 15.3. The van der Waals surface area contributed by atoms with Gasteiger partial charge in [-0.3, -0.25) is 4.79 Å². The largest absolute Gasteiger partial charge is 0.351 e. The lowest BCUT2D eigenvalue weighted by molar-refractivity contribution is 0.0514. The molecule has 0 radical (unpaired) electrons. The molecule has 4 heteroatoms. The van der Waals surface area contributed by atoms with E-state index in [1.807, 2.05) is 24.3 Å². The van der Waals surface area contributed by atoms with Crippen molar-refractivity contribution in [1.29, 1.82) is 0 Å². The highest BCUT2D eigenvalue weighted by Crippen LogP contribution is 2.33. The van der Waals surface area contributed by atoms with Crippen LogP contribution in [0.5, 0.6) is 0 Å². The highest BCUT2D eigenvalue weighted by atomic mass is 35.5. The molecule has 1 aromatic heterocycles. The number of amides is 1. The number of carbonyl (C=O) groups is 1. The number of piperidine rings is 1. The summed E-state index contributed by atoms with van der Waals surface area (Å²) in [5.41, 5.74) is 4.50. The summed E-state index contributed by atoms with van der Waals surface area (Å²) in [6.45, 7) is 0.855. The van der Waals surface area contributed by atoms with Crippen LogP contribution in [-0.2, 0) is 12.8 Å². The molecule has 1 aliphatic carbocycles. The van der Waals surface area contributed by atoms with Gasteiger partial charge < -0.3 is 9.88 Å². The molecule has 0 unspecified atom stereocenters. The van der Waals surface area contributed by atoms with Crippen LogP contribution in [0.3, 0.4) is 0 Å². The van der Waals surface area contributed by atoms with Gasteiger partial charge in [-0.2, -0.15) is 0 Å². The number of benzene rings is 2. The molecular formula is C22H21ClN2O. The fourth-order valence-electron chi connectivity index (χ4n) is 4.62. The van der Waals surface area contributed by atoms with Crippen molar-refractivity contribution in [2.75, 3.05) is 6.54 Å². The summed E-state index contributed by atoms with van der Waals surface area (Å²) in [4.78, 5) is 18.7. The molecule has 1 saturated heterocycles. The summed E-state index contributed by atoms with van der Waals surface area (Å²) in [6.07, 6.45) is 4.34. The number of nitrogens with zero attached hydrogens (tertiary/aromatic N) is 1. The molecule has 2 bridgehead atoms. The molecule has 2 aromatic carbocycles. The van der Waals surface area contributed by atoms with Crippen LogP contribution in [0.25, 0.3) is 10.9 Å². The van der Waals surface area contributed by atoms with Crippen LogP contribution in [0.1, 0.15) is 34.5 Å². The molecule has 1 amide bonds. The Kier molecular flexibility index (Phi) is 3.79. The lowest BCUT2D eigenvalue weighted by Gasteiger charge is -2.42. The molecule has 2 atom stereocenters. The van der Waals surface area contributed by atoms with Crippen LogP contribution in [0.4, 0.5) is 0 Å². The van der Waals surface area contributed by atoms with Crippen molar-refractivity contribution in [2.45, 2.75) is 31.7 Å². The van der Waals surface area contributed by atoms with Gasteiger partial charge in [0.1, 0.15) is 5.69 Å². The number of H-pyrrole nitrogens is 1. The van der Waals surface area contributed by atoms with E-state index in [1.165, 1.54) is 17.5 Å². The SMILES string of the molecule is O=C(c1cc2cc(Cl)ccc2[nH]1)N1C[C@H]2CC[C@@H]1Cc1ccccc1C2. The first-order chi connectivity index (χ1) is 12.7. The smallest absolute Gasteiger partial charge is 0.270 e. The summed E-state index contributed by atoms with van der Waals surface area (Å²) in [5, 5.41) is 1.68. The van der Waals surface area contributed by atoms with Crippen molar-refractivity contribution >= 4 is 28.4 Å². The lowest BCUT2D eigenvalue weighted by atomic mass is 9.80. The molecule has 3 heterocycles. The van der Waals surface area contributed by atoms with Gasteiger partial charge in [-0.25, -0.2) is 0 Å². The van der Waals surface area contributed by atoms with E-state index in [2.05, 4.69) is 34.1 Å². The number of halogens is 1. The maximum Gasteiger partial charge on any atom is 0.270 e. The van der Waals surface area contributed by atoms with Crippen molar-refractivity contribution in [3.63, 3.8) is 0 Å².